The molecular formula is C26H32N2O3. The van der Waals surface area contributed by atoms with Crippen LogP contribution in [0.15, 0.2) is 54.6 Å². The lowest BCUT2D eigenvalue weighted by Gasteiger charge is -2.58. The lowest BCUT2D eigenvalue weighted by Crippen LogP contribution is -2.59. The summed E-state index contributed by atoms with van der Waals surface area (Å²) in [5.41, 5.74) is 1.21. The number of fused-ring (bicyclic) bond motifs is 1. The van der Waals surface area contributed by atoms with Crippen molar-refractivity contribution in [2.75, 3.05) is 45.9 Å². The molecule has 3 aliphatic rings. The van der Waals surface area contributed by atoms with Crippen molar-refractivity contribution in [3.8, 4) is 11.5 Å². The third-order valence-corrected chi connectivity index (χ3v) is 7.39. The maximum absolute atomic E-state index is 13.5. The van der Waals surface area contributed by atoms with Crippen molar-refractivity contribution in [3.63, 3.8) is 0 Å². The zero-order chi connectivity index (χ0) is 21.5. The average molecular weight is 421 g/mol. The minimum Gasteiger partial charge on any atom is -0.457 e. The Bertz CT molecular complexity index is 939. The Morgan fingerprint density at radius 2 is 1.81 bits per heavy atom. The van der Waals surface area contributed by atoms with Gasteiger partial charge in [0.2, 0.25) is 0 Å². The number of carbonyl (C=O) groups excluding carboxylic acids is 1. The van der Waals surface area contributed by atoms with Gasteiger partial charge in [0.25, 0.3) is 5.91 Å². The number of carbonyl (C=O) groups is 1. The topological polar surface area (TPSA) is 42.0 Å². The molecule has 1 aliphatic carbocycles. The maximum atomic E-state index is 13.5. The van der Waals surface area contributed by atoms with Crippen LogP contribution in [0, 0.1) is 16.7 Å². The third-order valence-electron chi connectivity index (χ3n) is 7.39. The molecule has 2 atom stereocenters. The lowest BCUT2D eigenvalue weighted by atomic mass is 9.48. The SMILES string of the molecule is CC1(C)C[C@]2(CN3CCOCC3)CN(C(=O)c3cccc(Oc4ccccc4)c3)C[C@H]12. The first-order valence-electron chi connectivity index (χ1n) is 11.4. The standard InChI is InChI=1S/C26H32N2O3/c1-25(2)17-26(18-27-11-13-30-14-12-27)19-28(16-23(25)26)24(29)20-7-6-10-22(15-20)31-21-8-4-3-5-9-21/h3-10,15,23H,11-14,16-19H2,1-2H3/t23-,26+/m1/s1. The molecule has 1 amide bonds. The largest absolute Gasteiger partial charge is 0.457 e. The molecule has 1 saturated carbocycles. The van der Waals surface area contributed by atoms with Crippen molar-refractivity contribution in [2.24, 2.45) is 16.7 Å². The highest BCUT2D eigenvalue weighted by molar-refractivity contribution is 5.95. The van der Waals surface area contributed by atoms with Crippen LogP contribution in [0.2, 0.25) is 0 Å². The van der Waals surface area contributed by atoms with E-state index in [2.05, 4.69) is 23.6 Å². The predicted octanol–water partition coefficient (Wildman–Crippen LogP) is 4.30. The van der Waals surface area contributed by atoms with Gasteiger partial charge in [0.15, 0.2) is 0 Å². The first-order chi connectivity index (χ1) is 15.0. The van der Waals surface area contributed by atoms with E-state index < -0.39 is 0 Å². The molecule has 2 aromatic carbocycles. The number of ether oxygens (including phenoxy) is 2. The van der Waals surface area contributed by atoms with Crippen LogP contribution in [0.25, 0.3) is 0 Å². The number of para-hydroxylation sites is 1. The van der Waals surface area contributed by atoms with Gasteiger partial charge in [0.05, 0.1) is 13.2 Å². The first-order valence-corrected chi connectivity index (χ1v) is 11.4. The second kappa shape index (κ2) is 7.95. The molecule has 2 saturated heterocycles. The van der Waals surface area contributed by atoms with Gasteiger partial charge >= 0.3 is 0 Å². The Morgan fingerprint density at radius 1 is 1.06 bits per heavy atom. The van der Waals surface area contributed by atoms with Crippen molar-refractivity contribution >= 4 is 5.91 Å². The van der Waals surface area contributed by atoms with Crippen LogP contribution in [-0.2, 0) is 4.74 Å². The van der Waals surface area contributed by atoms with E-state index in [4.69, 9.17) is 9.47 Å². The smallest absolute Gasteiger partial charge is 0.254 e. The van der Waals surface area contributed by atoms with Crippen molar-refractivity contribution in [1.82, 2.24) is 9.80 Å². The van der Waals surface area contributed by atoms with E-state index in [9.17, 15) is 4.79 Å². The second-order valence-electron chi connectivity index (χ2n) is 10.1. The second-order valence-corrected chi connectivity index (χ2v) is 10.1. The summed E-state index contributed by atoms with van der Waals surface area (Å²) in [6, 6.07) is 17.3. The molecule has 5 nitrogen and oxygen atoms in total. The van der Waals surface area contributed by atoms with Crippen LogP contribution >= 0.6 is 0 Å². The average Bonchev–Trinajstić information content (AvgIpc) is 3.09. The van der Waals surface area contributed by atoms with Crippen LogP contribution in [0.5, 0.6) is 11.5 Å². The number of benzene rings is 2. The van der Waals surface area contributed by atoms with Crippen molar-refractivity contribution < 1.29 is 14.3 Å². The zero-order valence-electron chi connectivity index (χ0n) is 18.5. The van der Waals surface area contributed by atoms with Gasteiger partial charge in [0.1, 0.15) is 11.5 Å². The molecule has 0 N–H and O–H groups in total. The molecule has 0 spiro atoms. The molecule has 5 heteroatoms. The maximum Gasteiger partial charge on any atom is 0.254 e. The van der Waals surface area contributed by atoms with E-state index in [1.807, 2.05) is 54.6 Å². The van der Waals surface area contributed by atoms with Gasteiger partial charge in [-0.15, -0.1) is 0 Å². The number of likely N-dealkylation sites (tertiary alicyclic amines) is 1. The molecule has 164 valence electrons. The van der Waals surface area contributed by atoms with Gasteiger partial charge < -0.3 is 14.4 Å². The zero-order valence-corrected chi connectivity index (χ0v) is 18.5. The minimum atomic E-state index is 0.116. The number of hydrogen-bond acceptors (Lipinski definition) is 4. The number of nitrogens with zero attached hydrogens (tertiary/aromatic N) is 2. The van der Waals surface area contributed by atoms with Crippen molar-refractivity contribution in [2.45, 2.75) is 20.3 Å². The van der Waals surface area contributed by atoms with E-state index >= 15 is 0 Å². The Hall–Kier alpha value is -2.37. The number of morpholine rings is 1. The summed E-state index contributed by atoms with van der Waals surface area (Å²) in [6.45, 7) is 11.1. The van der Waals surface area contributed by atoms with Gasteiger partial charge in [-0.2, -0.15) is 0 Å². The van der Waals surface area contributed by atoms with Crippen LogP contribution in [0.1, 0.15) is 30.6 Å². The summed E-state index contributed by atoms with van der Waals surface area (Å²) in [5.74, 6) is 2.14. The summed E-state index contributed by atoms with van der Waals surface area (Å²) in [5, 5.41) is 0. The van der Waals surface area contributed by atoms with E-state index in [0.29, 0.717) is 22.6 Å². The summed E-state index contributed by atoms with van der Waals surface area (Å²) < 4.78 is 11.5. The van der Waals surface area contributed by atoms with Crippen molar-refractivity contribution in [3.05, 3.63) is 60.2 Å². The Kier molecular flexibility index (Phi) is 5.27. The highest BCUT2D eigenvalue weighted by Gasteiger charge is 2.63. The van der Waals surface area contributed by atoms with Gasteiger partial charge in [0, 0.05) is 43.7 Å². The van der Waals surface area contributed by atoms with Crippen LogP contribution in [0.4, 0.5) is 0 Å². The molecule has 3 fully saturated rings. The van der Waals surface area contributed by atoms with Crippen LogP contribution in [0.3, 0.4) is 0 Å². The predicted molar refractivity (Wildman–Crippen MR) is 120 cm³/mol. The Balaban J connectivity index is 1.31. The highest BCUT2D eigenvalue weighted by atomic mass is 16.5. The summed E-state index contributed by atoms with van der Waals surface area (Å²) in [6.07, 6.45) is 1.18. The number of amides is 1. The molecule has 2 aliphatic heterocycles. The molecule has 0 aromatic heterocycles. The monoisotopic (exact) mass is 420 g/mol. The molecule has 2 aromatic rings. The fourth-order valence-corrected chi connectivity index (χ4v) is 6.20. The number of hydrogen-bond donors (Lipinski definition) is 0. The normalized spacial score (nSPS) is 27.4. The molecule has 31 heavy (non-hydrogen) atoms. The Labute approximate surface area is 184 Å². The molecule has 0 radical (unpaired) electrons. The summed E-state index contributed by atoms with van der Waals surface area (Å²) in [4.78, 5) is 18.1. The van der Waals surface area contributed by atoms with Gasteiger partial charge in [-0.25, -0.2) is 0 Å². The summed E-state index contributed by atoms with van der Waals surface area (Å²) in [7, 11) is 0. The molecule has 0 bridgehead atoms. The minimum absolute atomic E-state index is 0.116. The van der Waals surface area contributed by atoms with E-state index in [1.54, 1.807) is 0 Å². The Morgan fingerprint density at radius 3 is 2.55 bits per heavy atom. The molecule has 2 heterocycles. The molecular weight excluding hydrogens is 388 g/mol. The molecule has 0 unspecified atom stereocenters. The lowest BCUT2D eigenvalue weighted by molar-refractivity contribution is -0.0966. The third kappa shape index (κ3) is 3.97. The van der Waals surface area contributed by atoms with Gasteiger partial charge in [-0.1, -0.05) is 38.1 Å². The van der Waals surface area contributed by atoms with Crippen molar-refractivity contribution in [1.29, 1.82) is 0 Å². The van der Waals surface area contributed by atoms with E-state index in [1.165, 1.54) is 6.42 Å². The first kappa shape index (κ1) is 20.5. The van der Waals surface area contributed by atoms with E-state index in [0.717, 1.165) is 51.7 Å². The van der Waals surface area contributed by atoms with Crippen LogP contribution in [-0.4, -0.2) is 61.6 Å². The highest BCUT2D eigenvalue weighted by Crippen LogP contribution is 2.63. The summed E-state index contributed by atoms with van der Waals surface area (Å²) >= 11 is 0. The van der Waals surface area contributed by atoms with Gasteiger partial charge in [-0.3, -0.25) is 9.69 Å². The molecule has 5 rings (SSSR count). The van der Waals surface area contributed by atoms with Gasteiger partial charge in [-0.05, 0) is 48.1 Å². The fourth-order valence-electron chi connectivity index (χ4n) is 6.20. The fraction of sp³-hybridized carbons (Fsp3) is 0.500. The quantitative estimate of drug-likeness (QED) is 0.723. The van der Waals surface area contributed by atoms with Crippen LogP contribution < -0.4 is 4.74 Å². The van der Waals surface area contributed by atoms with E-state index in [-0.39, 0.29) is 11.3 Å². The number of rotatable bonds is 5.